The van der Waals surface area contributed by atoms with Crippen LogP contribution in [0.3, 0.4) is 0 Å². The summed E-state index contributed by atoms with van der Waals surface area (Å²) in [5.41, 5.74) is 0. The Hall–Kier alpha value is -0.480. The zero-order valence-electron chi connectivity index (χ0n) is 12.3. The number of amides is 1. The van der Waals surface area contributed by atoms with Crippen LogP contribution in [-0.2, 0) is 4.79 Å². The summed E-state index contributed by atoms with van der Waals surface area (Å²) in [6, 6.07) is 8.44. The van der Waals surface area contributed by atoms with Crippen molar-refractivity contribution in [1.82, 2.24) is 5.32 Å². The number of carbonyl (C=O) groups excluding carboxylic acids is 1. The highest BCUT2D eigenvalue weighted by Gasteiger charge is 2.42. The first-order valence-electron chi connectivity index (χ1n) is 7.79. The molecule has 1 N–H and O–H groups in total. The van der Waals surface area contributed by atoms with Crippen molar-refractivity contribution in [3.63, 3.8) is 0 Å². The van der Waals surface area contributed by atoms with Gasteiger partial charge in [0.15, 0.2) is 0 Å². The lowest BCUT2D eigenvalue weighted by Gasteiger charge is -2.28. The van der Waals surface area contributed by atoms with Gasteiger partial charge < -0.3 is 5.32 Å². The summed E-state index contributed by atoms with van der Waals surface area (Å²) < 4.78 is 1.07. The molecule has 1 amide bonds. The summed E-state index contributed by atoms with van der Waals surface area (Å²) in [4.78, 5) is 13.3. The second-order valence-electron chi connectivity index (χ2n) is 6.44. The maximum absolute atomic E-state index is 12.1. The SMILES string of the molecule is C[C@@H](NC(=O)CSc1ccc(Br)cc1)[C@H]1C[C@H]2CC[C@H]1C2. The standard InChI is InChI=1S/C17H22BrNOS/c1-11(16-9-12-2-3-13(16)8-12)19-17(20)10-21-15-6-4-14(18)5-7-15/h4-7,11-13,16H,2-3,8-10H2,1H3,(H,19,20)/t11-,12+,13+,16-/m1/s1. The van der Waals surface area contributed by atoms with Gasteiger partial charge in [0.2, 0.25) is 5.91 Å². The maximum atomic E-state index is 12.1. The van der Waals surface area contributed by atoms with Crippen molar-refractivity contribution in [1.29, 1.82) is 0 Å². The van der Waals surface area contributed by atoms with Crippen LogP contribution in [0.25, 0.3) is 0 Å². The second kappa shape index (κ2) is 6.74. The number of benzene rings is 1. The van der Waals surface area contributed by atoms with Crippen LogP contribution in [0.2, 0.25) is 0 Å². The van der Waals surface area contributed by atoms with Gasteiger partial charge in [0.1, 0.15) is 0 Å². The van der Waals surface area contributed by atoms with E-state index in [2.05, 4.69) is 28.2 Å². The smallest absolute Gasteiger partial charge is 0.230 e. The summed E-state index contributed by atoms with van der Waals surface area (Å²) in [7, 11) is 0. The van der Waals surface area contributed by atoms with E-state index < -0.39 is 0 Å². The van der Waals surface area contributed by atoms with Crippen LogP contribution in [0.4, 0.5) is 0 Å². The lowest BCUT2D eigenvalue weighted by Crippen LogP contribution is -2.40. The van der Waals surface area contributed by atoms with E-state index in [-0.39, 0.29) is 5.91 Å². The molecule has 2 aliphatic rings. The first kappa shape index (κ1) is 15.4. The van der Waals surface area contributed by atoms with Gasteiger partial charge in [-0.1, -0.05) is 22.4 Å². The van der Waals surface area contributed by atoms with Gasteiger partial charge in [0.05, 0.1) is 5.75 Å². The first-order valence-corrected chi connectivity index (χ1v) is 9.57. The molecule has 2 nitrogen and oxygen atoms in total. The number of fused-ring (bicyclic) bond motifs is 2. The molecule has 0 heterocycles. The Bertz CT molecular complexity index is 504. The van der Waals surface area contributed by atoms with Crippen LogP contribution in [0.15, 0.2) is 33.6 Å². The quantitative estimate of drug-likeness (QED) is 0.777. The molecule has 2 aliphatic carbocycles. The molecular formula is C17H22BrNOS. The fraction of sp³-hybridized carbons (Fsp3) is 0.588. The molecule has 4 heteroatoms. The summed E-state index contributed by atoms with van der Waals surface area (Å²) in [6.45, 7) is 2.19. The highest BCUT2D eigenvalue weighted by atomic mass is 79.9. The molecule has 0 saturated heterocycles. The van der Waals surface area contributed by atoms with Gasteiger partial charge >= 0.3 is 0 Å². The molecule has 1 aromatic carbocycles. The Labute approximate surface area is 139 Å². The highest BCUT2D eigenvalue weighted by molar-refractivity contribution is 9.10. The van der Waals surface area contributed by atoms with E-state index >= 15 is 0 Å². The minimum atomic E-state index is 0.165. The van der Waals surface area contributed by atoms with Crippen LogP contribution in [0.5, 0.6) is 0 Å². The third kappa shape index (κ3) is 3.84. The van der Waals surface area contributed by atoms with Crippen molar-refractivity contribution in [2.75, 3.05) is 5.75 Å². The molecule has 0 aromatic heterocycles. The fourth-order valence-electron chi connectivity index (χ4n) is 3.99. The number of hydrogen-bond donors (Lipinski definition) is 1. The molecule has 21 heavy (non-hydrogen) atoms. The van der Waals surface area contributed by atoms with Crippen molar-refractivity contribution in [3.8, 4) is 0 Å². The molecule has 3 rings (SSSR count). The zero-order chi connectivity index (χ0) is 14.8. The molecule has 1 aromatic rings. The number of nitrogens with one attached hydrogen (secondary N) is 1. The largest absolute Gasteiger partial charge is 0.353 e. The molecular weight excluding hydrogens is 346 g/mol. The Kier molecular flexibility index (Phi) is 4.95. The van der Waals surface area contributed by atoms with Crippen LogP contribution >= 0.6 is 27.7 Å². The van der Waals surface area contributed by atoms with E-state index in [1.54, 1.807) is 11.8 Å². The molecule has 2 bridgehead atoms. The van der Waals surface area contributed by atoms with Gasteiger partial charge in [-0.15, -0.1) is 11.8 Å². The van der Waals surface area contributed by atoms with E-state index in [1.807, 2.05) is 24.3 Å². The predicted octanol–water partition coefficient (Wildman–Crippen LogP) is 4.48. The second-order valence-corrected chi connectivity index (χ2v) is 8.40. The topological polar surface area (TPSA) is 29.1 Å². The third-order valence-electron chi connectivity index (χ3n) is 5.01. The Morgan fingerprint density at radius 3 is 2.71 bits per heavy atom. The van der Waals surface area contributed by atoms with Gasteiger partial charge in [0, 0.05) is 15.4 Å². The van der Waals surface area contributed by atoms with E-state index in [4.69, 9.17) is 0 Å². The van der Waals surface area contributed by atoms with E-state index in [0.717, 1.165) is 21.2 Å². The summed E-state index contributed by atoms with van der Waals surface area (Å²) in [5, 5.41) is 3.22. The molecule has 0 spiro atoms. The van der Waals surface area contributed by atoms with Crippen molar-refractivity contribution >= 4 is 33.6 Å². The number of carbonyl (C=O) groups is 1. The molecule has 2 fully saturated rings. The highest BCUT2D eigenvalue weighted by Crippen LogP contribution is 2.49. The van der Waals surface area contributed by atoms with E-state index in [1.165, 1.54) is 25.7 Å². The summed E-state index contributed by atoms with van der Waals surface area (Å²) in [6.07, 6.45) is 5.52. The predicted molar refractivity (Wildman–Crippen MR) is 91.4 cm³/mol. The van der Waals surface area contributed by atoms with Gasteiger partial charge in [-0.25, -0.2) is 0 Å². The minimum Gasteiger partial charge on any atom is -0.353 e. The molecule has 0 radical (unpaired) electrons. The van der Waals surface area contributed by atoms with Crippen molar-refractivity contribution in [3.05, 3.63) is 28.7 Å². The summed E-state index contributed by atoms with van der Waals surface area (Å²) >= 11 is 5.03. The molecule has 114 valence electrons. The molecule has 4 atom stereocenters. The van der Waals surface area contributed by atoms with Crippen LogP contribution in [-0.4, -0.2) is 17.7 Å². The van der Waals surface area contributed by atoms with Gasteiger partial charge in [0.25, 0.3) is 0 Å². The summed E-state index contributed by atoms with van der Waals surface area (Å²) in [5.74, 6) is 3.19. The average Bonchev–Trinajstić information content (AvgIpc) is 3.09. The van der Waals surface area contributed by atoms with Gasteiger partial charge in [-0.3, -0.25) is 4.79 Å². The van der Waals surface area contributed by atoms with Crippen LogP contribution in [0, 0.1) is 17.8 Å². The van der Waals surface area contributed by atoms with Gasteiger partial charge in [-0.2, -0.15) is 0 Å². The molecule has 0 unspecified atom stereocenters. The maximum Gasteiger partial charge on any atom is 0.230 e. The lowest BCUT2D eigenvalue weighted by atomic mass is 9.84. The van der Waals surface area contributed by atoms with Crippen molar-refractivity contribution in [2.24, 2.45) is 17.8 Å². The normalized spacial score (nSPS) is 28.6. The van der Waals surface area contributed by atoms with Crippen LogP contribution in [0.1, 0.15) is 32.6 Å². The zero-order valence-corrected chi connectivity index (χ0v) is 14.8. The molecule has 2 saturated carbocycles. The fourth-order valence-corrected chi connectivity index (χ4v) is 4.96. The van der Waals surface area contributed by atoms with E-state index in [0.29, 0.717) is 17.7 Å². The van der Waals surface area contributed by atoms with E-state index in [9.17, 15) is 4.79 Å². The average molecular weight is 368 g/mol. The Balaban J connectivity index is 1.44. The number of thioether (sulfide) groups is 1. The lowest BCUT2D eigenvalue weighted by molar-refractivity contribution is -0.119. The van der Waals surface area contributed by atoms with Gasteiger partial charge in [-0.05, 0) is 68.2 Å². The minimum absolute atomic E-state index is 0.165. The number of halogens is 1. The molecule has 0 aliphatic heterocycles. The van der Waals surface area contributed by atoms with Crippen molar-refractivity contribution < 1.29 is 4.79 Å². The number of hydrogen-bond acceptors (Lipinski definition) is 2. The van der Waals surface area contributed by atoms with Crippen molar-refractivity contribution in [2.45, 2.75) is 43.5 Å². The number of rotatable bonds is 5. The Morgan fingerprint density at radius 1 is 1.33 bits per heavy atom. The Morgan fingerprint density at radius 2 is 2.10 bits per heavy atom. The monoisotopic (exact) mass is 367 g/mol. The first-order chi connectivity index (χ1) is 10.1. The third-order valence-corrected chi connectivity index (χ3v) is 6.55. The van der Waals surface area contributed by atoms with Crippen LogP contribution < -0.4 is 5.32 Å².